The van der Waals surface area contributed by atoms with Gasteiger partial charge in [0.2, 0.25) is 5.91 Å². The third-order valence-electron chi connectivity index (χ3n) is 3.43. The first-order valence-corrected chi connectivity index (χ1v) is 7.12. The van der Waals surface area contributed by atoms with Gasteiger partial charge in [-0.2, -0.15) is 5.26 Å². The molecule has 1 saturated heterocycles. The molecule has 4 nitrogen and oxygen atoms in total. The molecule has 1 heterocycles. The molecular weight excluding hydrogens is 306 g/mol. The van der Waals surface area contributed by atoms with Crippen molar-refractivity contribution >= 4 is 27.5 Å². The summed E-state index contributed by atoms with van der Waals surface area (Å²) in [6.45, 7) is 1.71. The number of nitrogens with zero attached hydrogens (tertiary/aromatic N) is 2. The van der Waals surface area contributed by atoms with Crippen LogP contribution in [-0.2, 0) is 4.79 Å². The molecule has 5 heteroatoms. The predicted octanol–water partition coefficient (Wildman–Crippen LogP) is 2.41. The molecule has 1 fully saturated rings. The molecule has 0 aromatic heterocycles. The summed E-state index contributed by atoms with van der Waals surface area (Å²) in [6.07, 6.45) is 2.48. The highest BCUT2D eigenvalue weighted by Gasteiger charge is 2.23. The lowest BCUT2D eigenvalue weighted by molar-refractivity contribution is -0.118. The summed E-state index contributed by atoms with van der Waals surface area (Å²) in [7, 11) is 0. The fraction of sp³-hybridized carbons (Fsp3) is 0.429. The lowest BCUT2D eigenvalue weighted by Crippen LogP contribution is -2.37. The molecule has 100 valence electrons. The number of amides is 1. The van der Waals surface area contributed by atoms with Crippen LogP contribution >= 0.6 is 15.9 Å². The number of hydrogen-bond acceptors (Lipinski definition) is 3. The van der Waals surface area contributed by atoms with Crippen molar-refractivity contribution in [1.29, 1.82) is 5.26 Å². The summed E-state index contributed by atoms with van der Waals surface area (Å²) in [5.74, 6) is 0.0459. The Morgan fingerprint density at radius 1 is 1.58 bits per heavy atom. The molecule has 1 atom stereocenters. The number of carbonyl (C=O) groups is 1. The lowest BCUT2D eigenvalue weighted by Gasteiger charge is -2.34. The number of nitrogens with two attached hydrogens (primary N) is 1. The highest BCUT2D eigenvalue weighted by Crippen LogP contribution is 2.29. The maximum absolute atomic E-state index is 11.0. The fourth-order valence-electron chi connectivity index (χ4n) is 2.61. The zero-order valence-corrected chi connectivity index (χ0v) is 12.2. The van der Waals surface area contributed by atoms with Gasteiger partial charge in [-0.15, -0.1) is 0 Å². The SMILES string of the molecule is N#Cc1cc(Br)ccc1N1CCC[C@@H](CC(N)=O)C1. The third-order valence-corrected chi connectivity index (χ3v) is 3.92. The molecule has 0 aliphatic carbocycles. The van der Waals surface area contributed by atoms with Crippen LogP contribution in [0.1, 0.15) is 24.8 Å². The second-order valence-corrected chi connectivity index (χ2v) is 5.81. The van der Waals surface area contributed by atoms with E-state index in [2.05, 4.69) is 26.9 Å². The van der Waals surface area contributed by atoms with E-state index >= 15 is 0 Å². The average molecular weight is 322 g/mol. The zero-order chi connectivity index (χ0) is 13.8. The average Bonchev–Trinajstić information content (AvgIpc) is 2.38. The van der Waals surface area contributed by atoms with Crippen LogP contribution in [0.5, 0.6) is 0 Å². The summed E-state index contributed by atoms with van der Waals surface area (Å²) in [5, 5.41) is 9.21. The van der Waals surface area contributed by atoms with Crippen molar-refractivity contribution in [3.05, 3.63) is 28.2 Å². The first-order valence-electron chi connectivity index (χ1n) is 6.33. The van der Waals surface area contributed by atoms with Crippen LogP contribution in [-0.4, -0.2) is 19.0 Å². The fourth-order valence-corrected chi connectivity index (χ4v) is 2.97. The summed E-state index contributed by atoms with van der Waals surface area (Å²) in [4.78, 5) is 13.2. The predicted molar refractivity (Wildman–Crippen MR) is 77.6 cm³/mol. The molecular formula is C14H16BrN3O. The van der Waals surface area contributed by atoms with Crippen LogP contribution < -0.4 is 10.6 Å². The van der Waals surface area contributed by atoms with E-state index in [0.29, 0.717) is 17.9 Å². The molecule has 1 amide bonds. The summed E-state index contributed by atoms with van der Waals surface area (Å²) in [5.41, 5.74) is 6.87. The summed E-state index contributed by atoms with van der Waals surface area (Å²) < 4.78 is 0.901. The molecule has 0 unspecified atom stereocenters. The second-order valence-electron chi connectivity index (χ2n) is 4.90. The minimum absolute atomic E-state index is 0.247. The van der Waals surface area contributed by atoms with Gasteiger partial charge < -0.3 is 10.6 Å². The Morgan fingerprint density at radius 3 is 3.05 bits per heavy atom. The van der Waals surface area contributed by atoms with Crippen molar-refractivity contribution in [3.8, 4) is 6.07 Å². The standard InChI is InChI=1S/C14H16BrN3O/c15-12-3-4-13(11(7-12)8-16)18-5-1-2-10(9-18)6-14(17)19/h3-4,7,10H,1-2,5-6,9H2,(H2,17,19)/t10-/m0/s1. The molecule has 0 saturated carbocycles. The van der Waals surface area contributed by atoms with E-state index in [1.165, 1.54) is 0 Å². The Bertz CT molecular complexity index is 524. The van der Waals surface area contributed by atoms with E-state index in [-0.39, 0.29) is 5.91 Å². The van der Waals surface area contributed by atoms with Gasteiger partial charge >= 0.3 is 0 Å². The first-order chi connectivity index (χ1) is 9.10. The van der Waals surface area contributed by atoms with Gasteiger partial charge in [0.15, 0.2) is 0 Å². The van der Waals surface area contributed by atoms with Crippen molar-refractivity contribution in [2.75, 3.05) is 18.0 Å². The van der Waals surface area contributed by atoms with Gasteiger partial charge in [0, 0.05) is 24.0 Å². The van der Waals surface area contributed by atoms with Crippen molar-refractivity contribution in [2.45, 2.75) is 19.3 Å². The number of anilines is 1. The van der Waals surface area contributed by atoms with Crippen LogP contribution in [0.15, 0.2) is 22.7 Å². The largest absolute Gasteiger partial charge is 0.370 e. The van der Waals surface area contributed by atoms with Gasteiger partial charge in [0.1, 0.15) is 6.07 Å². The van der Waals surface area contributed by atoms with Gasteiger partial charge in [0.05, 0.1) is 11.3 Å². The molecule has 1 aromatic carbocycles. The van der Waals surface area contributed by atoms with Gasteiger partial charge in [-0.25, -0.2) is 0 Å². The van der Waals surface area contributed by atoms with Crippen LogP contribution in [0.25, 0.3) is 0 Å². The van der Waals surface area contributed by atoms with Crippen LogP contribution in [0.4, 0.5) is 5.69 Å². The topological polar surface area (TPSA) is 70.1 Å². The maximum atomic E-state index is 11.0. The van der Waals surface area contributed by atoms with E-state index in [1.807, 2.05) is 18.2 Å². The normalized spacial score (nSPS) is 18.9. The minimum Gasteiger partial charge on any atom is -0.370 e. The number of primary amides is 1. The van der Waals surface area contributed by atoms with Crippen LogP contribution in [0.2, 0.25) is 0 Å². The Balaban J connectivity index is 2.17. The molecule has 1 aliphatic rings. The van der Waals surface area contributed by atoms with Crippen molar-refractivity contribution in [1.82, 2.24) is 0 Å². The smallest absolute Gasteiger partial charge is 0.217 e. The van der Waals surface area contributed by atoms with Gasteiger partial charge in [-0.3, -0.25) is 4.79 Å². The number of halogens is 1. The lowest BCUT2D eigenvalue weighted by atomic mass is 9.94. The monoisotopic (exact) mass is 321 g/mol. The summed E-state index contributed by atoms with van der Waals surface area (Å²) in [6, 6.07) is 7.94. The maximum Gasteiger partial charge on any atom is 0.217 e. The van der Waals surface area contributed by atoms with Crippen LogP contribution in [0.3, 0.4) is 0 Å². The molecule has 1 aliphatic heterocycles. The number of nitriles is 1. The van der Waals surface area contributed by atoms with Crippen molar-refractivity contribution in [2.24, 2.45) is 11.7 Å². The molecule has 2 rings (SSSR count). The molecule has 0 radical (unpaired) electrons. The van der Waals surface area contributed by atoms with E-state index in [4.69, 9.17) is 5.73 Å². The van der Waals surface area contributed by atoms with Gasteiger partial charge in [-0.05, 0) is 37.0 Å². The number of benzene rings is 1. The Kier molecular flexibility index (Phi) is 4.43. The Morgan fingerprint density at radius 2 is 2.37 bits per heavy atom. The number of hydrogen-bond donors (Lipinski definition) is 1. The Labute approximate surface area is 121 Å². The quantitative estimate of drug-likeness (QED) is 0.929. The van der Waals surface area contributed by atoms with Crippen molar-refractivity contribution in [3.63, 3.8) is 0 Å². The third kappa shape index (κ3) is 3.48. The zero-order valence-electron chi connectivity index (χ0n) is 10.6. The van der Waals surface area contributed by atoms with E-state index in [0.717, 1.165) is 36.1 Å². The van der Waals surface area contributed by atoms with E-state index in [9.17, 15) is 10.1 Å². The van der Waals surface area contributed by atoms with Gasteiger partial charge in [0.25, 0.3) is 0 Å². The molecule has 1 aromatic rings. The minimum atomic E-state index is -0.247. The van der Waals surface area contributed by atoms with Crippen LogP contribution in [0, 0.1) is 17.2 Å². The molecule has 0 bridgehead atoms. The molecule has 19 heavy (non-hydrogen) atoms. The number of piperidine rings is 1. The molecule has 2 N–H and O–H groups in total. The number of carbonyl (C=O) groups excluding carboxylic acids is 1. The first kappa shape index (κ1) is 13.9. The van der Waals surface area contributed by atoms with Crippen molar-refractivity contribution < 1.29 is 4.79 Å². The number of rotatable bonds is 3. The highest BCUT2D eigenvalue weighted by molar-refractivity contribution is 9.10. The Hall–Kier alpha value is -1.54. The molecule has 0 spiro atoms. The summed E-state index contributed by atoms with van der Waals surface area (Å²) >= 11 is 3.37. The van der Waals surface area contributed by atoms with Gasteiger partial charge in [-0.1, -0.05) is 15.9 Å². The second kappa shape index (κ2) is 6.07. The van der Waals surface area contributed by atoms with E-state index < -0.39 is 0 Å². The highest BCUT2D eigenvalue weighted by atomic mass is 79.9. The van der Waals surface area contributed by atoms with E-state index in [1.54, 1.807) is 0 Å².